The number of hydrogen-bond acceptors (Lipinski definition) is 3. The summed E-state index contributed by atoms with van der Waals surface area (Å²) >= 11 is 0. The quantitative estimate of drug-likeness (QED) is 0.872. The fraction of sp³-hybridized carbons (Fsp3) is 0.571. The van der Waals surface area contributed by atoms with Crippen molar-refractivity contribution < 1.29 is 9.47 Å². The third kappa shape index (κ3) is 2.79. The summed E-state index contributed by atoms with van der Waals surface area (Å²) in [5, 5.41) is 3.45. The lowest BCUT2D eigenvalue weighted by molar-refractivity contribution is -0.0787. The number of rotatable bonds is 3. The lowest BCUT2D eigenvalue weighted by atomic mass is 10.0. The average molecular weight is 235 g/mol. The van der Waals surface area contributed by atoms with E-state index in [0.717, 1.165) is 18.7 Å². The van der Waals surface area contributed by atoms with Crippen molar-refractivity contribution in [2.75, 3.05) is 13.7 Å². The second-order valence-corrected chi connectivity index (χ2v) is 5.43. The van der Waals surface area contributed by atoms with Gasteiger partial charge in [-0.15, -0.1) is 0 Å². The maximum atomic E-state index is 6.07. The van der Waals surface area contributed by atoms with Gasteiger partial charge in [0.15, 0.2) is 0 Å². The van der Waals surface area contributed by atoms with Crippen LogP contribution in [0.1, 0.15) is 26.3 Å². The van der Waals surface area contributed by atoms with Crippen LogP contribution in [0.25, 0.3) is 0 Å². The van der Waals surface area contributed by atoms with E-state index in [1.165, 1.54) is 5.56 Å². The van der Waals surface area contributed by atoms with Gasteiger partial charge in [-0.3, -0.25) is 5.32 Å². The number of nitrogens with one attached hydrogen (secondary N) is 1. The molecule has 94 valence electrons. The van der Waals surface area contributed by atoms with Gasteiger partial charge >= 0.3 is 0 Å². The van der Waals surface area contributed by atoms with Gasteiger partial charge < -0.3 is 9.47 Å². The minimum atomic E-state index is -0.307. The molecule has 1 fully saturated rings. The first-order chi connectivity index (χ1) is 7.94. The van der Waals surface area contributed by atoms with Crippen LogP contribution >= 0.6 is 0 Å². The van der Waals surface area contributed by atoms with E-state index in [4.69, 9.17) is 9.47 Å². The van der Waals surface area contributed by atoms with Gasteiger partial charge in [-0.2, -0.15) is 0 Å². The van der Waals surface area contributed by atoms with Crippen molar-refractivity contribution in [3.8, 4) is 5.75 Å². The molecule has 1 unspecified atom stereocenters. The van der Waals surface area contributed by atoms with E-state index in [-0.39, 0.29) is 11.3 Å². The molecular weight excluding hydrogens is 214 g/mol. The number of methoxy groups -OCH3 is 1. The molecule has 17 heavy (non-hydrogen) atoms. The van der Waals surface area contributed by atoms with Gasteiger partial charge in [-0.1, -0.05) is 18.2 Å². The summed E-state index contributed by atoms with van der Waals surface area (Å²) < 4.78 is 11.4. The topological polar surface area (TPSA) is 30.5 Å². The fourth-order valence-electron chi connectivity index (χ4n) is 2.39. The largest absolute Gasteiger partial charge is 0.496 e. The molecule has 0 radical (unpaired) electrons. The Morgan fingerprint density at radius 3 is 2.59 bits per heavy atom. The Bertz CT molecular complexity index is 403. The number of para-hydroxylation sites is 1. The predicted molar refractivity (Wildman–Crippen MR) is 68.3 cm³/mol. The van der Waals surface area contributed by atoms with Crippen LogP contribution in [-0.2, 0) is 11.2 Å². The Labute approximate surface area is 103 Å². The minimum Gasteiger partial charge on any atom is -0.496 e. The van der Waals surface area contributed by atoms with Crippen molar-refractivity contribution in [1.82, 2.24) is 5.32 Å². The smallest absolute Gasteiger partial charge is 0.122 e. The zero-order valence-electron chi connectivity index (χ0n) is 11.0. The minimum absolute atomic E-state index is 0.100. The van der Waals surface area contributed by atoms with Crippen molar-refractivity contribution in [2.45, 2.75) is 38.5 Å². The van der Waals surface area contributed by atoms with E-state index in [1.807, 2.05) is 18.2 Å². The van der Waals surface area contributed by atoms with E-state index >= 15 is 0 Å². The Balaban J connectivity index is 2.16. The van der Waals surface area contributed by atoms with Crippen LogP contribution in [0.4, 0.5) is 0 Å². The van der Waals surface area contributed by atoms with E-state index in [0.29, 0.717) is 0 Å². The Morgan fingerprint density at radius 2 is 2.00 bits per heavy atom. The third-order valence-electron chi connectivity index (χ3n) is 3.11. The highest BCUT2D eigenvalue weighted by Gasteiger charge is 2.40. The van der Waals surface area contributed by atoms with Crippen LogP contribution < -0.4 is 10.1 Å². The van der Waals surface area contributed by atoms with Gasteiger partial charge in [0.1, 0.15) is 11.5 Å². The van der Waals surface area contributed by atoms with Gasteiger partial charge in [0.25, 0.3) is 0 Å². The van der Waals surface area contributed by atoms with Crippen LogP contribution in [0, 0.1) is 0 Å². The molecule has 0 spiro atoms. The molecule has 1 aromatic rings. The monoisotopic (exact) mass is 235 g/mol. The van der Waals surface area contributed by atoms with Gasteiger partial charge in [-0.25, -0.2) is 0 Å². The Morgan fingerprint density at radius 1 is 1.29 bits per heavy atom. The zero-order chi connectivity index (χ0) is 12.5. The molecule has 1 atom stereocenters. The first-order valence-corrected chi connectivity index (χ1v) is 6.01. The van der Waals surface area contributed by atoms with E-state index in [2.05, 4.69) is 32.2 Å². The maximum Gasteiger partial charge on any atom is 0.122 e. The van der Waals surface area contributed by atoms with E-state index in [9.17, 15) is 0 Å². The molecule has 2 rings (SSSR count). The molecular formula is C14H21NO2. The summed E-state index contributed by atoms with van der Waals surface area (Å²) in [6.45, 7) is 7.17. The van der Waals surface area contributed by atoms with Gasteiger partial charge in [0, 0.05) is 13.0 Å². The zero-order valence-corrected chi connectivity index (χ0v) is 11.0. The molecule has 0 aliphatic carbocycles. The predicted octanol–water partition coefficient (Wildman–Crippen LogP) is 2.35. The molecule has 0 amide bonds. The van der Waals surface area contributed by atoms with Crippen LogP contribution in [0.5, 0.6) is 5.75 Å². The Kier molecular flexibility index (Phi) is 3.15. The standard InChI is InChI=1S/C14H21NO2/c1-13(2)10-15-14(3,17-13)9-11-7-5-6-8-12(11)16-4/h5-8,15H,9-10H2,1-4H3. The molecule has 0 aromatic heterocycles. The summed E-state index contributed by atoms with van der Waals surface area (Å²) in [5.74, 6) is 0.920. The summed E-state index contributed by atoms with van der Waals surface area (Å²) in [6.07, 6.45) is 0.806. The third-order valence-corrected chi connectivity index (χ3v) is 3.11. The molecule has 1 heterocycles. The molecule has 0 bridgehead atoms. The molecule has 1 saturated heterocycles. The SMILES string of the molecule is COc1ccccc1CC1(C)NCC(C)(C)O1. The molecule has 3 heteroatoms. The molecule has 1 aromatic carbocycles. The van der Waals surface area contributed by atoms with Crippen LogP contribution in [0.3, 0.4) is 0 Å². The summed E-state index contributed by atoms with van der Waals surface area (Å²) in [6, 6.07) is 8.08. The number of ether oxygens (including phenoxy) is 2. The molecule has 3 nitrogen and oxygen atoms in total. The Hall–Kier alpha value is -1.06. The first kappa shape index (κ1) is 12.4. The highest BCUT2D eigenvalue weighted by molar-refractivity contribution is 5.34. The second kappa shape index (κ2) is 4.31. The van der Waals surface area contributed by atoms with Gasteiger partial charge in [0.2, 0.25) is 0 Å². The molecule has 1 aliphatic rings. The normalized spacial score (nSPS) is 27.1. The van der Waals surface area contributed by atoms with Gasteiger partial charge in [-0.05, 0) is 32.4 Å². The van der Waals surface area contributed by atoms with Crippen LogP contribution in [-0.4, -0.2) is 25.0 Å². The maximum absolute atomic E-state index is 6.07. The van der Waals surface area contributed by atoms with Gasteiger partial charge in [0.05, 0.1) is 12.7 Å². The van der Waals surface area contributed by atoms with Crippen molar-refractivity contribution >= 4 is 0 Å². The van der Waals surface area contributed by atoms with Crippen LogP contribution in [0.2, 0.25) is 0 Å². The lowest BCUT2D eigenvalue weighted by Gasteiger charge is -2.27. The van der Waals surface area contributed by atoms with Crippen molar-refractivity contribution in [3.63, 3.8) is 0 Å². The highest BCUT2D eigenvalue weighted by atomic mass is 16.5. The average Bonchev–Trinajstić information content (AvgIpc) is 2.53. The van der Waals surface area contributed by atoms with Crippen molar-refractivity contribution in [2.24, 2.45) is 0 Å². The first-order valence-electron chi connectivity index (χ1n) is 6.01. The molecule has 0 saturated carbocycles. The molecule has 1 N–H and O–H groups in total. The second-order valence-electron chi connectivity index (χ2n) is 5.43. The van der Waals surface area contributed by atoms with Crippen molar-refractivity contribution in [1.29, 1.82) is 0 Å². The summed E-state index contributed by atoms with van der Waals surface area (Å²) in [4.78, 5) is 0. The number of hydrogen-bond donors (Lipinski definition) is 1. The number of benzene rings is 1. The van der Waals surface area contributed by atoms with E-state index < -0.39 is 0 Å². The van der Waals surface area contributed by atoms with Crippen molar-refractivity contribution in [3.05, 3.63) is 29.8 Å². The highest BCUT2D eigenvalue weighted by Crippen LogP contribution is 2.30. The summed E-state index contributed by atoms with van der Waals surface area (Å²) in [7, 11) is 1.70. The fourth-order valence-corrected chi connectivity index (χ4v) is 2.39. The lowest BCUT2D eigenvalue weighted by Crippen LogP contribution is -2.40. The summed E-state index contributed by atoms with van der Waals surface area (Å²) in [5.41, 5.74) is 0.761. The molecule has 1 aliphatic heterocycles. The van der Waals surface area contributed by atoms with E-state index in [1.54, 1.807) is 7.11 Å². The van der Waals surface area contributed by atoms with Crippen LogP contribution in [0.15, 0.2) is 24.3 Å².